The topological polar surface area (TPSA) is 122 Å². The van der Waals surface area contributed by atoms with E-state index in [1.54, 1.807) is 30.3 Å². The highest BCUT2D eigenvalue weighted by Gasteiger charge is 2.27. The Kier molecular flexibility index (Phi) is 7.98. The number of rotatable bonds is 9. The molecule has 35 heavy (non-hydrogen) atoms. The van der Waals surface area contributed by atoms with Crippen LogP contribution >= 0.6 is 0 Å². The van der Waals surface area contributed by atoms with Gasteiger partial charge in [0.25, 0.3) is 21.6 Å². The molecular formula is C25H26N4O5S. The van der Waals surface area contributed by atoms with Crippen molar-refractivity contribution in [3.63, 3.8) is 0 Å². The minimum absolute atomic E-state index is 0.0484. The van der Waals surface area contributed by atoms with Crippen LogP contribution in [-0.2, 0) is 14.8 Å². The van der Waals surface area contributed by atoms with Crippen molar-refractivity contribution in [1.29, 1.82) is 0 Å². The van der Waals surface area contributed by atoms with Crippen LogP contribution < -0.4 is 9.73 Å². The Morgan fingerprint density at radius 1 is 1.06 bits per heavy atom. The monoisotopic (exact) mass is 494 g/mol. The SMILES string of the molecule is Cc1ccc(S(=O)(=O)N(CC(=O)N/N=C\c2ccccc2[N+](=O)[O-])c2ccc(C(C)C)cc2)cc1. The molecule has 0 aromatic heterocycles. The first-order valence-corrected chi connectivity index (χ1v) is 12.3. The van der Waals surface area contributed by atoms with Crippen molar-refractivity contribution >= 4 is 33.5 Å². The van der Waals surface area contributed by atoms with E-state index in [1.165, 1.54) is 30.3 Å². The molecule has 1 amide bonds. The molecule has 3 aromatic rings. The Morgan fingerprint density at radius 2 is 1.69 bits per heavy atom. The lowest BCUT2D eigenvalue weighted by atomic mass is 10.0. The lowest BCUT2D eigenvalue weighted by molar-refractivity contribution is -0.385. The van der Waals surface area contributed by atoms with Crippen molar-refractivity contribution in [1.82, 2.24) is 5.43 Å². The van der Waals surface area contributed by atoms with Crippen molar-refractivity contribution in [2.45, 2.75) is 31.6 Å². The van der Waals surface area contributed by atoms with Gasteiger partial charge in [0.15, 0.2) is 0 Å². The number of carbonyl (C=O) groups is 1. The maximum atomic E-state index is 13.4. The summed E-state index contributed by atoms with van der Waals surface area (Å²) in [6, 6.07) is 19.2. The van der Waals surface area contributed by atoms with Gasteiger partial charge < -0.3 is 0 Å². The van der Waals surface area contributed by atoms with Gasteiger partial charge >= 0.3 is 0 Å². The van der Waals surface area contributed by atoms with E-state index in [-0.39, 0.29) is 22.1 Å². The average molecular weight is 495 g/mol. The van der Waals surface area contributed by atoms with Crippen LogP contribution in [0.25, 0.3) is 0 Å². The number of hydrazone groups is 1. The number of nitrogens with zero attached hydrogens (tertiary/aromatic N) is 3. The number of aryl methyl sites for hydroxylation is 1. The second-order valence-electron chi connectivity index (χ2n) is 8.18. The molecule has 9 nitrogen and oxygen atoms in total. The largest absolute Gasteiger partial charge is 0.278 e. The van der Waals surface area contributed by atoms with Gasteiger partial charge in [-0.3, -0.25) is 19.2 Å². The van der Waals surface area contributed by atoms with Gasteiger partial charge in [0, 0.05) is 6.07 Å². The molecule has 0 radical (unpaired) electrons. The number of anilines is 1. The van der Waals surface area contributed by atoms with E-state index in [0.717, 1.165) is 21.6 Å². The predicted molar refractivity (Wildman–Crippen MR) is 135 cm³/mol. The number of sulfonamides is 1. The fourth-order valence-corrected chi connectivity index (χ4v) is 4.70. The quantitative estimate of drug-likeness (QED) is 0.269. The molecule has 0 heterocycles. The Hall–Kier alpha value is -4.05. The van der Waals surface area contributed by atoms with E-state index in [0.29, 0.717) is 5.69 Å². The van der Waals surface area contributed by atoms with Crippen LogP contribution in [0, 0.1) is 17.0 Å². The summed E-state index contributed by atoms with van der Waals surface area (Å²) in [6.45, 7) is 5.36. The molecule has 1 N–H and O–H groups in total. The molecule has 182 valence electrons. The zero-order valence-electron chi connectivity index (χ0n) is 19.6. The minimum atomic E-state index is -4.06. The highest BCUT2D eigenvalue weighted by atomic mass is 32.2. The lowest BCUT2D eigenvalue weighted by Gasteiger charge is -2.24. The van der Waals surface area contributed by atoms with Crippen molar-refractivity contribution in [3.05, 3.63) is 99.6 Å². The standard InChI is InChI=1S/C25H26N4O5S/c1-18(2)20-10-12-22(13-11-20)28(35(33,34)23-14-8-19(3)9-15-23)17-25(30)27-26-16-21-6-4-5-7-24(21)29(31)32/h4-16,18H,17H2,1-3H3,(H,27,30)/b26-16-. The number of benzene rings is 3. The Morgan fingerprint density at radius 3 is 2.29 bits per heavy atom. The molecular weight excluding hydrogens is 468 g/mol. The van der Waals surface area contributed by atoms with E-state index >= 15 is 0 Å². The summed E-state index contributed by atoms with van der Waals surface area (Å²) in [5.74, 6) is -0.450. The summed E-state index contributed by atoms with van der Waals surface area (Å²) in [6.07, 6.45) is 1.15. The second kappa shape index (κ2) is 10.9. The number of nitrogens with one attached hydrogen (secondary N) is 1. The predicted octanol–water partition coefficient (Wildman–Crippen LogP) is 4.37. The van der Waals surface area contributed by atoms with E-state index in [9.17, 15) is 23.3 Å². The first-order chi connectivity index (χ1) is 16.6. The van der Waals surface area contributed by atoms with Gasteiger partial charge in [0.05, 0.1) is 27.3 Å². The number of hydrogen-bond acceptors (Lipinski definition) is 6. The zero-order chi connectivity index (χ0) is 25.6. The molecule has 0 bridgehead atoms. The van der Waals surface area contributed by atoms with Crippen molar-refractivity contribution in [2.75, 3.05) is 10.8 Å². The summed E-state index contributed by atoms with van der Waals surface area (Å²) in [5.41, 5.74) is 4.55. The summed E-state index contributed by atoms with van der Waals surface area (Å²) in [7, 11) is -4.06. The van der Waals surface area contributed by atoms with Gasteiger partial charge in [0.2, 0.25) is 0 Å². The Bertz CT molecular complexity index is 1340. The number of nitro groups is 1. The second-order valence-corrected chi connectivity index (χ2v) is 10.0. The molecule has 3 rings (SSSR count). The van der Waals surface area contributed by atoms with Crippen molar-refractivity contribution in [2.24, 2.45) is 5.10 Å². The number of hydrogen-bond donors (Lipinski definition) is 1. The third kappa shape index (κ3) is 6.30. The normalized spacial score (nSPS) is 11.5. The van der Waals surface area contributed by atoms with Gasteiger partial charge in [0.1, 0.15) is 6.54 Å². The highest BCUT2D eigenvalue weighted by Crippen LogP contribution is 2.26. The first kappa shape index (κ1) is 25.6. The molecule has 3 aromatic carbocycles. The van der Waals surface area contributed by atoms with Crippen LogP contribution in [0.4, 0.5) is 11.4 Å². The molecule has 0 aliphatic rings. The zero-order valence-corrected chi connectivity index (χ0v) is 20.4. The van der Waals surface area contributed by atoms with E-state index < -0.39 is 27.4 Å². The summed E-state index contributed by atoms with van der Waals surface area (Å²) >= 11 is 0. The average Bonchev–Trinajstić information content (AvgIpc) is 2.83. The van der Waals surface area contributed by atoms with Gasteiger partial charge in [-0.2, -0.15) is 5.10 Å². The maximum absolute atomic E-state index is 13.4. The lowest BCUT2D eigenvalue weighted by Crippen LogP contribution is -2.39. The van der Waals surface area contributed by atoms with E-state index in [1.807, 2.05) is 32.9 Å². The van der Waals surface area contributed by atoms with Crippen LogP contribution in [0.2, 0.25) is 0 Å². The maximum Gasteiger partial charge on any atom is 0.278 e. The number of amides is 1. The molecule has 0 saturated carbocycles. The number of nitro benzene ring substituents is 1. The fraction of sp³-hybridized carbons (Fsp3) is 0.200. The Balaban J connectivity index is 1.87. The van der Waals surface area contributed by atoms with Gasteiger partial charge in [-0.25, -0.2) is 13.8 Å². The van der Waals surface area contributed by atoms with Gasteiger partial charge in [-0.15, -0.1) is 0 Å². The molecule has 0 unspecified atom stereocenters. The molecule has 0 fully saturated rings. The van der Waals surface area contributed by atoms with Crippen LogP contribution in [0.3, 0.4) is 0 Å². The summed E-state index contributed by atoms with van der Waals surface area (Å²) in [5, 5.41) is 14.9. The molecule has 0 spiro atoms. The molecule has 10 heteroatoms. The highest BCUT2D eigenvalue weighted by molar-refractivity contribution is 7.92. The van der Waals surface area contributed by atoms with Crippen molar-refractivity contribution < 1.29 is 18.1 Å². The van der Waals surface area contributed by atoms with Crippen LogP contribution in [0.5, 0.6) is 0 Å². The summed E-state index contributed by atoms with van der Waals surface area (Å²) in [4.78, 5) is 23.3. The first-order valence-electron chi connectivity index (χ1n) is 10.8. The fourth-order valence-electron chi connectivity index (χ4n) is 3.28. The third-order valence-electron chi connectivity index (χ3n) is 5.27. The van der Waals surface area contributed by atoms with Gasteiger partial charge in [-0.1, -0.05) is 55.8 Å². The third-order valence-corrected chi connectivity index (χ3v) is 7.06. The number of para-hydroxylation sites is 1. The molecule has 0 aliphatic heterocycles. The van der Waals surface area contributed by atoms with Crippen LogP contribution in [0.1, 0.15) is 36.5 Å². The molecule has 0 aliphatic carbocycles. The van der Waals surface area contributed by atoms with Crippen LogP contribution in [0.15, 0.2) is 82.8 Å². The van der Waals surface area contributed by atoms with Crippen LogP contribution in [-0.4, -0.2) is 32.0 Å². The molecule has 0 atom stereocenters. The number of carbonyl (C=O) groups excluding carboxylic acids is 1. The smallest absolute Gasteiger partial charge is 0.271 e. The van der Waals surface area contributed by atoms with Crippen molar-refractivity contribution in [3.8, 4) is 0 Å². The van der Waals surface area contributed by atoms with Gasteiger partial charge in [-0.05, 0) is 48.7 Å². The minimum Gasteiger partial charge on any atom is -0.271 e. The van der Waals surface area contributed by atoms with E-state index in [2.05, 4.69) is 10.5 Å². The molecule has 0 saturated heterocycles. The van der Waals surface area contributed by atoms with E-state index in [4.69, 9.17) is 0 Å². The summed E-state index contributed by atoms with van der Waals surface area (Å²) < 4.78 is 27.9. The Labute approximate surface area is 204 Å².